The van der Waals surface area contributed by atoms with Crippen LogP contribution in [0.4, 0.5) is 5.69 Å². The number of nitrogens with zero attached hydrogens (tertiary/aromatic N) is 1. The average molecular weight is 354 g/mol. The molecule has 0 fully saturated rings. The summed E-state index contributed by atoms with van der Waals surface area (Å²) in [6.07, 6.45) is -0.753. The second-order valence-electron chi connectivity index (χ2n) is 4.97. The van der Waals surface area contributed by atoms with Gasteiger partial charge >= 0.3 is 5.97 Å². The maximum Gasteiger partial charge on any atom is 0.355 e. The molecule has 0 bridgehead atoms. The number of ether oxygens (including phenoxy) is 2. The second-order valence-corrected chi connectivity index (χ2v) is 5.41. The van der Waals surface area contributed by atoms with E-state index in [1.807, 2.05) is 0 Å². The van der Waals surface area contributed by atoms with Crippen LogP contribution in [-0.4, -0.2) is 36.7 Å². The highest BCUT2D eigenvalue weighted by molar-refractivity contribution is 6.37. The topological polar surface area (TPSA) is 106 Å². The van der Waals surface area contributed by atoms with Gasteiger partial charge in [-0.2, -0.15) is 5.10 Å². The number of nitrogens with one attached hydrogen (secondary N) is 2. The number of hydrogen-bond donors (Lipinski definition) is 2. The number of anilines is 1. The maximum atomic E-state index is 12.2. The fourth-order valence-corrected chi connectivity index (χ4v) is 2.09. The minimum Gasteiger partial charge on any atom is -0.495 e. The summed E-state index contributed by atoms with van der Waals surface area (Å²) < 4.78 is 10.2. The van der Waals surface area contributed by atoms with Crippen molar-refractivity contribution in [2.24, 2.45) is 5.10 Å². The molecule has 9 heteroatoms. The molecule has 0 unspecified atom stereocenters. The first-order valence-corrected chi connectivity index (χ1v) is 7.49. The van der Waals surface area contributed by atoms with E-state index in [1.165, 1.54) is 20.1 Å². The number of methoxy groups -OCH3 is 1. The van der Waals surface area contributed by atoms with Crippen LogP contribution in [0.2, 0.25) is 5.02 Å². The lowest BCUT2D eigenvalue weighted by Gasteiger charge is -2.17. The molecule has 0 spiro atoms. The average Bonchev–Trinajstić information content (AvgIpc) is 2.55. The van der Waals surface area contributed by atoms with Crippen molar-refractivity contribution in [1.82, 2.24) is 5.43 Å². The summed E-state index contributed by atoms with van der Waals surface area (Å²) in [6, 6.07) is 4.75. The molecule has 1 atom stereocenters. The molecule has 24 heavy (non-hydrogen) atoms. The first kappa shape index (κ1) is 17.7. The Morgan fingerprint density at radius 3 is 2.75 bits per heavy atom. The number of halogens is 1. The zero-order valence-corrected chi connectivity index (χ0v) is 13.8. The summed E-state index contributed by atoms with van der Waals surface area (Å²) in [6.45, 7) is 1.42. The molecule has 8 nitrogen and oxygen atoms in total. The highest BCUT2D eigenvalue weighted by Crippen LogP contribution is 2.27. The van der Waals surface area contributed by atoms with Crippen molar-refractivity contribution in [2.45, 2.75) is 25.9 Å². The monoisotopic (exact) mass is 353 g/mol. The van der Waals surface area contributed by atoms with Gasteiger partial charge in [-0.3, -0.25) is 9.59 Å². The van der Waals surface area contributed by atoms with Gasteiger partial charge in [0.2, 0.25) is 5.91 Å². The molecule has 2 amide bonds. The first-order chi connectivity index (χ1) is 11.4. The number of carbonyl (C=O) groups is 3. The smallest absolute Gasteiger partial charge is 0.355 e. The standard InChI is InChI=1S/C15H16ClN3O5/c1-8(24-15(22)10-4-6-13(20)19-18-10)14(21)17-11-7-9(16)3-5-12(11)23-2/h3,5,7-8H,4,6H2,1-2H3,(H,17,21)(H,19,20)/t8-/m1/s1. The predicted molar refractivity (Wildman–Crippen MR) is 87.0 cm³/mol. The van der Waals surface area contributed by atoms with E-state index in [0.29, 0.717) is 16.5 Å². The van der Waals surface area contributed by atoms with E-state index >= 15 is 0 Å². The largest absolute Gasteiger partial charge is 0.495 e. The Bertz CT molecular complexity index is 704. The lowest BCUT2D eigenvalue weighted by molar-refractivity contribution is -0.146. The highest BCUT2D eigenvalue weighted by atomic mass is 35.5. The molecular weight excluding hydrogens is 338 g/mol. The number of amides is 2. The Balaban J connectivity index is 1.99. The van der Waals surface area contributed by atoms with E-state index < -0.39 is 18.0 Å². The van der Waals surface area contributed by atoms with Gasteiger partial charge in [0.15, 0.2) is 6.10 Å². The molecule has 0 saturated heterocycles. The minimum absolute atomic E-state index is 0.0644. The second kappa shape index (κ2) is 7.78. The quantitative estimate of drug-likeness (QED) is 0.780. The van der Waals surface area contributed by atoms with Gasteiger partial charge in [-0.1, -0.05) is 11.6 Å². The summed E-state index contributed by atoms with van der Waals surface area (Å²) in [5.74, 6) is -1.16. The van der Waals surface area contributed by atoms with E-state index in [-0.39, 0.29) is 24.5 Å². The molecule has 2 N–H and O–H groups in total. The van der Waals surface area contributed by atoms with E-state index in [1.54, 1.807) is 12.1 Å². The Labute approximate surface area is 143 Å². The Morgan fingerprint density at radius 2 is 2.12 bits per heavy atom. The molecule has 1 aromatic carbocycles. The molecule has 1 aromatic rings. The third-order valence-corrected chi connectivity index (χ3v) is 3.45. The van der Waals surface area contributed by atoms with Crippen molar-refractivity contribution in [3.05, 3.63) is 23.2 Å². The van der Waals surface area contributed by atoms with Crippen molar-refractivity contribution >= 4 is 40.8 Å². The van der Waals surface area contributed by atoms with Crippen LogP contribution in [0.1, 0.15) is 19.8 Å². The fourth-order valence-electron chi connectivity index (χ4n) is 1.92. The van der Waals surface area contributed by atoms with Crippen molar-refractivity contribution in [3.8, 4) is 5.75 Å². The summed E-state index contributed by atoms with van der Waals surface area (Å²) in [7, 11) is 1.46. The van der Waals surface area contributed by atoms with Crippen LogP contribution < -0.4 is 15.5 Å². The van der Waals surface area contributed by atoms with Crippen LogP contribution in [0.15, 0.2) is 23.3 Å². The van der Waals surface area contributed by atoms with Crippen molar-refractivity contribution < 1.29 is 23.9 Å². The van der Waals surface area contributed by atoms with Crippen LogP contribution in [0.25, 0.3) is 0 Å². The molecule has 0 saturated carbocycles. The van der Waals surface area contributed by atoms with Gasteiger partial charge in [-0.25, -0.2) is 10.2 Å². The van der Waals surface area contributed by atoms with E-state index in [0.717, 1.165) is 0 Å². The van der Waals surface area contributed by atoms with Crippen molar-refractivity contribution in [1.29, 1.82) is 0 Å². The molecule has 1 heterocycles. The van der Waals surface area contributed by atoms with E-state index in [9.17, 15) is 14.4 Å². The van der Waals surface area contributed by atoms with Gasteiger partial charge in [-0.05, 0) is 25.1 Å². The molecule has 1 aliphatic rings. The SMILES string of the molecule is COc1ccc(Cl)cc1NC(=O)[C@@H](C)OC(=O)C1=NNC(=O)CC1. The van der Waals surface area contributed by atoms with Crippen LogP contribution >= 0.6 is 11.6 Å². The number of carbonyl (C=O) groups excluding carboxylic acids is 3. The molecule has 128 valence electrons. The Morgan fingerprint density at radius 1 is 1.38 bits per heavy atom. The normalized spacial score (nSPS) is 15.0. The van der Waals surface area contributed by atoms with Gasteiger partial charge in [0, 0.05) is 17.9 Å². The van der Waals surface area contributed by atoms with Crippen LogP contribution in [0, 0.1) is 0 Å². The molecular formula is C15H16ClN3O5. The third-order valence-electron chi connectivity index (χ3n) is 3.21. The molecule has 1 aliphatic heterocycles. The Hall–Kier alpha value is -2.61. The van der Waals surface area contributed by atoms with Crippen LogP contribution in [0.3, 0.4) is 0 Å². The molecule has 0 aromatic heterocycles. The van der Waals surface area contributed by atoms with Crippen molar-refractivity contribution in [2.75, 3.05) is 12.4 Å². The van der Waals surface area contributed by atoms with Gasteiger partial charge in [-0.15, -0.1) is 0 Å². The van der Waals surface area contributed by atoms with Gasteiger partial charge in [0.05, 0.1) is 12.8 Å². The summed E-state index contributed by atoms with van der Waals surface area (Å²) in [4.78, 5) is 35.1. The van der Waals surface area contributed by atoms with Crippen LogP contribution in [0.5, 0.6) is 5.75 Å². The summed E-state index contributed by atoms with van der Waals surface area (Å²) in [5.41, 5.74) is 2.62. The number of esters is 1. The summed E-state index contributed by atoms with van der Waals surface area (Å²) in [5, 5.41) is 6.62. The summed E-state index contributed by atoms with van der Waals surface area (Å²) >= 11 is 5.89. The molecule has 0 radical (unpaired) electrons. The minimum atomic E-state index is -1.07. The number of hydrogen-bond acceptors (Lipinski definition) is 6. The number of rotatable bonds is 5. The fraction of sp³-hybridized carbons (Fsp3) is 0.333. The van der Waals surface area contributed by atoms with Crippen LogP contribution in [-0.2, 0) is 19.1 Å². The number of benzene rings is 1. The zero-order chi connectivity index (χ0) is 17.7. The number of hydrazone groups is 1. The van der Waals surface area contributed by atoms with Gasteiger partial charge in [0.25, 0.3) is 5.91 Å². The van der Waals surface area contributed by atoms with Gasteiger partial charge < -0.3 is 14.8 Å². The lowest BCUT2D eigenvalue weighted by Crippen LogP contribution is -2.35. The lowest BCUT2D eigenvalue weighted by atomic mass is 10.2. The first-order valence-electron chi connectivity index (χ1n) is 7.11. The molecule has 2 rings (SSSR count). The zero-order valence-electron chi connectivity index (χ0n) is 13.1. The van der Waals surface area contributed by atoms with Crippen molar-refractivity contribution in [3.63, 3.8) is 0 Å². The highest BCUT2D eigenvalue weighted by Gasteiger charge is 2.24. The predicted octanol–water partition coefficient (Wildman–Crippen LogP) is 1.48. The maximum absolute atomic E-state index is 12.2. The Kier molecular flexibility index (Phi) is 5.75. The molecule has 0 aliphatic carbocycles. The van der Waals surface area contributed by atoms with E-state index in [2.05, 4.69) is 15.8 Å². The van der Waals surface area contributed by atoms with Gasteiger partial charge in [0.1, 0.15) is 11.5 Å². The third kappa shape index (κ3) is 4.45. The van der Waals surface area contributed by atoms with E-state index in [4.69, 9.17) is 21.1 Å².